The van der Waals surface area contributed by atoms with Crippen LogP contribution in [0.2, 0.25) is 0 Å². The van der Waals surface area contributed by atoms with Gasteiger partial charge in [-0.05, 0) is 25.1 Å². The van der Waals surface area contributed by atoms with E-state index in [4.69, 9.17) is 0 Å². The third kappa shape index (κ3) is 2.21. The zero-order valence-corrected chi connectivity index (χ0v) is 9.33. The minimum atomic E-state index is 0.185. The molecule has 0 spiro atoms. The van der Waals surface area contributed by atoms with Gasteiger partial charge in [-0.1, -0.05) is 17.8 Å². The van der Waals surface area contributed by atoms with Crippen LogP contribution in [0.25, 0.3) is 6.08 Å². The van der Waals surface area contributed by atoms with Crippen molar-refractivity contribution in [1.82, 2.24) is 9.88 Å². The first-order chi connectivity index (χ1) is 7.31. The predicted molar refractivity (Wildman–Crippen MR) is 62.1 cm³/mol. The largest absolute Gasteiger partial charge is 0.306 e. The van der Waals surface area contributed by atoms with E-state index in [0.29, 0.717) is 5.75 Å². The highest BCUT2D eigenvalue weighted by atomic mass is 32.2. The summed E-state index contributed by atoms with van der Waals surface area (Å²) in [5, 5.41) is 1.00. The van der Waals surface area contributed by atoms with Crippen molar-refractivity contribution in [2.75, 3.05) is 12.3 Å². The van der Waals surface area contributed by atoms with Crippen LogP contribution >= 0.6 is 11.8 Å². The van der Waals surface area contributed by atoms with Gasteiger partial charge in [-0.15, -0.1) is 0 Å². The Bertz CT molecular complexity index is 389. The van der Waals surface area contributed by atoms with Crippen molar-refractivity contribution >= 4 is 23.7 Å². The Morgan fingerprint density at radius 3 is 3.13 bits per heavy atom. The van der Waals surface area contributed by atoms with E-state index in [-0.39, 0.29) is 5.91 Å². The van der Waals surface area contributed by atoms with E-state index in [1.807, 2.05) is 31.2 Å². The van der Waals surface area contributed by atoms with E-state index in [9.17, 15) is 4.79 Å². The van der Waals surface area contributed by atoms with E-state index < -0.39 is 0 Å². The summed E-state index contributed by atoms with van der Waals surface area (Å²) in [5.74, 6) is 0.733. The molecule has 2 rings (SSSR count). The highest BCUT2D eigenvalue weighted by Gasteiger charge is 2.24. The van der Waals surface area contributed by atoms with Gasteiger partial charge in [-0.2, -0.15) is 0 Å². The summed E-state index contributed by atoms with van der Waals surface area (Å²) in [4.78, 5) is 17.4. The first-order valence-electron chi connectivity index (χ1n) is 4.87. The van der Waals surface area contributed by atoms with Crippen molar-refractivity contribution in [2.24, 2.45) is 0 Å². The number of thioether (sulfide) groups is 1. The van der Waals surface area contributed by atoms with Crippen molar-refractivity contribution in [3.63, 3.8) is 0 Å². The number of pyridine rings is 1. The molecule has 1 aliphatic rings. The lowest BCUT2D eigenvalue weighted by molar-refractivity contribution is -0.125. The van der Waals surface area contributed by atoms with Gasteiger partial charge >= 0.3 is 0 Å². The summed E-state index contributed by atoms with van der Waals surface area (Å²) in [6.45, 7) is 2.71. The summed E-state index contributed by atoms with van der Waals surface area (Å²) < 4.78 is 0. The first kappa shape index (κ1) is 10.2. The fraction of sp³-hybridized carbons (Fsp3) is 0.273. The number of carbonyl (C=O) groups excluding carboxylic acids is 1. The summed E-state index contributed by atoms with van der Waals surface area (Å²) in [6.07, 6.45) is 3.71. The van der Waals surface area contributed by atoms with Crippen LogP contribution in [-0.2, 0) is 4.79 Å². The SMILES string of the molecule is CCN1C(=O)CS/C1=C\c1ccccn1. The molecule has 1 aliphatic heterocycles. The van der Waals surface area contributed by atoms with Crippen molar-refractivity contribution in [3.8, 4) is 0 Å². The van der Waals surface area contributed by atoms with E-state index in [1.54, 1.807) is 22.9 Å². The molecule has 1 aromatic rings. The minimum Gasteiger partial charge on any atom is -0.306 e. The van der Waals surface area contributed by atoms with Crippen LogP contribution in [0, 0.1) is 0 Å². The molecule has 2 heterocycles. The molecular weight excluding hydrogens is 208 g/mol. The van der Waals surface area contributed by atoms with Gasteiger partial charge in [0.25, 0.3) is 0 Å². The maximum atomic E-state index is 11.4. The van der Waals surface area contributed by atoms with E-state index in [0.717, 1.165) is 17.3 Å². The molecule has 1 fully saturated rings. The van der Waals surface area contributed by atoms with Gasteiger partial charge in [0.2, 0.25) is 5.91 Å². The Kier molecular flexibility index (Phi) is 3.06. The summed E-state index contributed by atoms with van der Waals surface area (Å²) in [7, 11) is 0. The fourth-order valence-electron chi connectivity index (χ4n) is 1.45. The predicted octanol–water partition coefficient (Wildman–Crippen LogP) is 1.98. The molecule has 78 valence electrons. The summed E-state index contributed by atoms with van der Waals surface area (Å²) in [5.41, 5.74) is 0.896. The Balaban J connectivity index is 2.24. The van der Waals surface area contributed by atoms with Crippen LogP contribution in [0.1, 0.15) is 12.6 Å². The topological polar surface area (TPSA) is 33.2 Å². The van der Waals surface area contributed by atoms with Gasteiger partial charge in [0.15, 0.2) is 0 Å². The number of hydrogen-bond acceptors (Lipinski definition) is 3. The Labute approximate surface area is 93.2 Å². The third-order valence-corrected chi connectivity index (χ3v) is 3.21. The quantitative estimate of drug-likeness (QED) is 0.764. The van der Waals surface area contributed by atoms with E-state index >= 15 is 0 Å². The molecule has 0 radical (unpaired) electrons. The van der Waals surface area contributed by atoms with Gasteiger partial charge in [0.05, 0.1) is 16.5 Å². The van der Waals surface area contributed by atoms with Crippen LogP contribution in [0.15, 0.2) is 29.4 Å². The molecule has 15 heavy (non-hydrogen) atoms. The molecular formula is C11H12N2OS. The van der Waals surface area contributed by atoms with Crippen LogP contribution in [0.5, 0.6) is 0 Å². The molecule has 1 amide bonds. The zero-order chi connectivity index (χ0) is 10.7. The molecule has 0 aromatic carbocycles. The number of rotatable bonds is 2. The highest BCUT2D eigenvalue weighted by Crippen LogP contribution is 2.29. The maximum absolute atomic E-state index is 11.4. The second kappa shape index (κ2) is 4.49. The third-order valence-electron chi connectivity index (χ3n) is 2.19. The number of aromatic nitrogens is 1. The monoisotopic (exact) mass is 220 g/mol. The molecule has 0 unspecified atom stereocenters. The molecule has 0 saturated carbocycles. The molecule has 4 heteroatoms. The van der Waals surface area contributed by atoms with E-state index in [1.165, 1.54) is 0 Å². The molecule has 1 saturated heterocycles. The molecule has 3 nitrogen and oxygen atoms in total. The normalized spacial score (nSPS) is 18.9. The molecule has 0 bridgehead atoms. The smallest absolute Gasteiger partial charge is 0.237 e. The van der Waals surface area contributed by atoms with Gasteiger partial charge in [0, 0.05) is 12.7 Å². The van der Waals surface area contributed by atoms with Gasteiger partial charge in [0.1, 0.15) is 0 Å². The lowest BCUT2D eigenvalue weighted by atomic mass is 10.3. The van der Waals surface area contributed by atoms with Gasteiger partial charge in [-0.25, -0.2) is 0 Å². The maximum Gasteiger partial charge on any atom is 0.237 e. The zero-order valence-electron chi connectivity index (χ0n) is 8.51. The van der Waals surface area contributed by atoms with Crippen LogP contribution < -0.4 is 0 Å². The average molecular weight is 220 g/mol. The molecule has 0 N–H and O–H groups in total. The Morgan fingerprint density at radius 2 is 2.47 bits per heavy atom. The lowest BCUT2D eigenvalue weighted by Crippen LogP contribution is -2.23. The van der Waals surface area contributed by atoms with Crippen LogP contribution in [0.4, 0.5) is 0 Å². The Hall–Kier alpha value is -1.29. The lowest BCUT2D eigenvalue weighted by Gasteiger charge is -2.13. The van der Waals surface area contributed by atoms with Crippen LogP contribution in [0.3, 0.4) is 0 Å². The van der Waals surface area contributed by atoms with Gasteiger partial charge in [-0.3, -0.25) is 9.78 Å². The highest BCUT2D eigenvalue weighted by molar-refractivity contribution is 8.04. The number of carbonyl (C=O) groups is 1. The van der Waals surface area contributed by atoms with Crippen molar-refractivity contribution < 1.29 is 4.79 Å². The van der Waals surface area contributed by atoms with Crippen molar-refractivity contribution in [2.45, 2.75) is 6.92 Å². The van der Waals surface area contributed by atoms with Crippen molar-refractivity contribution in [1.29, 1.82) is 0 Å². The summed E-state index contributed by atoms with van der Waals surface area (Å²) >= 11 is 1.58. The minimum absolute atomic E-state index is 0.185. The van der Waals surface area contributed by atoms with Gasteiger partial charge < -0.3 is 4.90 Å². The molecule has 1 aromatic heterocycles. The van der Waals surface area contributed by atoms with Crippen LogP contribution in [-0.4, -0.2) is 28.1 Å². The number of nitrogens with zero attached hydrogens (tertiary/aromatic N) is 2. The average Bonchev–Trinajstić information content (AvgIpc) is 2.61. The molecule has 0 atom stereocenters. The second-order valence-corrected chi connectivity index (χ2v) is 4.16. The fourth-order valence-corrected chi connectivity index (χ4v) is 2.47. The first-order valence-corrected chi connectivity index (χ1v) is 5.85. The summed E-state index contributed by atoms with van der Waals surface area (Å²) in [6, 6.07) is 5.76. The van der Waals surface area contributed by atoms with E-state index in [2.05, 4.69) is 4.98 Å². The number of amides is 1. The standard InChI is InChI=1S/C11H12N2OS/c1-2-13-10(14)8-15-11(13)7-9-5-3-4-6-12-9/h3-7H,2,8H2,1H3/b11-7-. The number of hydrogen-bond donors (Lipinski definition) is 0. The molecule has 0 aliphatic carbocycles. The van der Waals surface area contributed by atoms with Crippen molar-refractivity contribution in [3.05, 3.63) is 35.1 Å². The Morgan fingerprint density at radius 1 is 1.60 bits per heavy atom. The second-order valence-electron chi connectivity index (χ2n) is 3.16.